The van der Waals surface area contributed by atoms with E-state index in [1.807, 2.05) is 35.6 Å². The van der Waals surface area contributed by atoms with Crippen LogP contribution < -0.4 is 14.8 Å². The van der Waals surface area contributed by atoms with Crippen LogP contribution in [-0.4, -0.2) is 42.3 Å². The number of nitrogens with zero attached hydrogens (tertiary/aromatic N) is 2. The quantitative estimate of drug-likeness (QED) is 0.559. The van der Waals surface area contributed by atoms with Crippen molar-refractivity contribution in [3.63, 3.8) is 0 Å². The highest BCUT2D eigenvalue weighted by molar-refractivity contribution is 8.16. The summed E-state index contributed by atoms with van der Waals surface area (Å²) in [6.45, 7) is 3.74. The van der Waals surface area contributed by atoms with Gasteiger partial charge in [0.05, 0.1) is 31.0 Å². The molecule has 2 heterocycles. The average molecular weight is 480 g/mol. The van der Waals surface area contributed by atoms with E-state index in [-0.39, 0.29) is 31.1 Å². The van der Waals surface area contributed by atoms with Crippen LogP contribution in [0.1, 0.15) is 25.5 Å². The molecule has 1 atom stereocenters. The van der Waals surface area contributed by atoms with E-state index < -0.39 is 0 Å². The molecule has 0 aromatic heterocycles. The maximum Gasteiger partial charge on any atom is 0.338 e. The number of rotatable bonds is 8. The molecule has 0 spiro atoms. The molecule has 2 aromatic carbocycles. The number of benzene rings is 2. The number of hydrogen-bond donors (Lipinski definition) is 1. The van der Waals surface area contributed by atoms with Gasteiger partial charge in [-0.3, -0.25) is 4.79 Å². The van der Waals surface area contributed by atoms with Crippen LogP contribution in [0.2, 0.25) is 0 Å². The second-order valence-corrected chi connectivity index (χ2v) is 8.34. The number of carbonyl (C=O) groups is 2. The van der Waals surface area contributed by atoms with Crippen molar-refractivity contribution in [2.24, 2.45) is 4.99 Å². The molecule has 0 aliphatic carbocycles. The third-order valence-corrected chi connectivity index (χ3v) is 6.01. The first-order valence-corrected chi connectivity index (χ1v) is 11.6. The summed E-state index contributed by atoms with van der Waals surface area (Å²) in [5.41, 5.74) is 2.66. The van der Waals surface area contributed by atoms with Crippen molar-refractivity contribution in [1.29, 1.82) is 0 Å². The van der Waals surface area contributed by atoms with Crippen molar-refractivity contribution in [3.8, 4) is 11.5 Å². The lowest BCUT2D eigenvalue weighted by Gasteiger charge is -2.33. The number of anilines is 1. The van der Waals surface area contributed by atoms with Crippen molar-refractivity contribution >= 4 is 34.5 Å². The molecule has 1 amide bonds. The van der Waals surface area contributed by atoms with Crippen LogP contribution >= 0.6 is 11.8 Å². The molecule has 1 N–H and O–H groups in total. The Morgan fingerprint density at radius 2 is 1.94 bits per heavy atom. The molecule has 0 radical (unpaired) electrons. The molecule has 0 unspecified atom stereocenters. The second kappa shape index (κ2) is 10.5. The van der Waals surface area contributed by atoms with Crippen LogP contribution in [0.25, 0.3) is 0 Å². The summed E-state index contributed by atoms with van der Waals surface area (Å²) in [6.07, 6.45) is 1.91. The molecular weight excluding hydrogens is 454 g/mol. The van der Waals surface area contributed by atoms with Crippen LogP contribution in [0.15, 0.2) is 76.4 Å². The fraction of sp³-hybridized carbons (Fsp3) is 0.240. The number of hydrogen-bond acceptors (Lipinski definition) is 8. The Balaban J connectivity index is 1.45. The van der Waals surface area contributed by atoms with Crippen molar-refractivity contribution in [2.45, 2.75) is 19.9 Å². The summed E-state index contributed by atoms with van der Waals surface area (Å²) in [7, 11) is 1.57. The first-order valence-electron chi connectivity index (χ1n) is 10.7. The smallest absolute Gasteiger partial charge is 0.338 e. The minimum absolute atomic E-state index is 0.143. The molecule has 8 nitrogen and oxygen atoms in total. The number of allylic oxidation sites excluding steroid dienone is 1. The van der Waals surface area contributed by atoms with Gasteiger partial charge in [0.25, 0.3) is 5.91 Å². The number of carbonyl (C=O) groups excluding carboxylic acids is 2. The summed E-state index contributed by atoms with van der Waals surface area (Å²) in [4.78, 5) is 31.5. The molecule has 2 aliphatic rings. The van der Waals surface area contributed by atoms with Gasteiger partial charge in [-0.05, 0) is 49.1 Å². The minimum Gasteiger partial charge on any atom is -0.497 e. The third kappa shape index (κ3) is 5.09. The molecule has 0 saturated heterocycles. The maximum atomic E-state index is 12.7. The Kier molecular flexibility index (Phi) is 7.22. The van der Waals surface area contributed by atoms with E-state index in [1.54, 1.807) is 50.4 Å². The minimum atomic E-state index is -0.382. The Hall–Kier alpha value is -3.72. The number of methoxy groups -OCH3 is 1. The van der Waals surface area contributed by atoms with E-state index in [1.165, 1.54) is 11.8 Å². The molecule has 9 heteroatoms. The van der Waals surface area contributed by atoms with Crippen LogP contribution in [0.4, 0.5) is 5.69 Å². The first kappa shape index (κ1) is 23.4. The van der Waals surface area contributed by atoms with E-state index in [4.69, 9.17) is 14.2 Å². The molecular formula is C25H25N3O5S. The molecule has 0 bridgehead atoms. The zero-order valence-corrected chi connectivity index (χ0v) is 19.9. The topological polar surface area (TPSA) is 89.5 Å². The van der Waals surface area contributed by atoms with Crippen LogP contribution in [0.3, 0.4) is 0 Å². The van der Waals surface area contributed by atoms with Gasteiger partial charge in [0, 0.05) is 18.0 Å². The number of amides is 1. The van der Waals surface area contributed by atoms with Gasteiger partial charge in [0.2, 0.25) is 0 Å². The number of ether oxygens (including phenoxy) is 3. The van der Waals surface area contributed by atoms with Gasteiger partial charge in [0.15, 0.2) is 11.8 Å². The van der Waals surface area contributed by atoms with Gasteiger partial charge in [-0.25, -0.2) is 9.79 Å². The highest BCUT2D eigenvalue weighted by Gasteiger charge is 2.37. The molecule has 4 rings (SSSR count). The summed E-state index contributed by atoms with van der Waals surface area (Å²) in [6, 6.07) is 14.1. The van der Waals surface area contributed by atoms with Gasteiger partial charge >= 0.3 is 5.97 Å². The van der Waals surface area contributed by atoms with Crippen molar-refractivity contribution < 1.29 is 23.8 Å². The lowest BCUT2D eigenvalue weighted by molar-refractivity contribution is -0.139. The summed E-state index contributed by atoms with van der Waals surface area (Å²) in [5, 5.41) is 5.53. The van der Waals surface area contributed by atoms with E-state index >= 15 is 0 Å². The summed E-state index contributed by atoms with van der Waals surface area (Å²) in [5.74, 6) is 0.530. The van der Waals surface area contributed by atoms with E-state index in [0.29, 0.717) is 28.5 Å². The number of amidine groups is 1. The highest BCUT2D eigenvalue weighted by Crippen LogP contribution is 2.41. The monoisotopic (exact) mass is 479 g/mol. The number of thioether (sulfide) groups is 1. The number of nitrogens with one attached hydrogen (secondary N) is 1. The molecule has 2 aromatic rings. The van der Waals surface area contributed by atoms with Crippen molar-refractivity contribution in [1.82, 2.24) is 4.90 Å². The van der Waals surface area contributed by atoms with E-state index in [2.05, 4.69) is 10.3 Å². The Labute approximate surface area is 202 Å². The Morgan fingerprint density at radius 1 is 1.15 bits per heavy atom. The normalized spacial score (nSPS) is 16.6. The summed E-state index contributed by atoms with van der Waals surface area (Å²) >= 11 is 1.51. The maximum absolute atomic E-state index is 12.7. The lowest BCUT2D eigenvalue weighted by Crippen LogP contribution is -2.34. The predicted octanol–water partition coefficient (Wildman–Crippen LogP) is 4.48. The van der Waals surface area contributed by atoms with Gasteiger partial charge < -0.3 is 24.4 Å². The van der Waals surface area contributed by atoms with Crippen LogP contribution in [0.5, 0.6) is 11.5 Å². The molecule has 176 valence electrons. The Morgan fingerprint density at radius 3 is 2.68 bits per heavy atom. The van der Waals surface area contributed by atoms with Gasteiger partial charge in [0.1, 0.15) is 11.5 Å². The largest absolute Gasteiger partial charge is 0.497 e. The number of fused-ring (bicyclic) bond motifs is 1. The van der Waals surface area contributed by atoms with Gasteiger partial charge in [-0.2, -0.15) is 0 Å². The van der Waals surface area contributed by atoms with Gasteiger partial charge in [-0.1, -0.05) is 30.0 Å². The molecule has 0 saturated carbocycles. The first-order chi connectivity index (χ1) is 16.5. The Bertz CT molecular complexity index is 1170. The van der Waals surface area contributed by atoms with Gasteiger partial charge in [-0.15, -0.1) is 0 Å². The van der Waals surface area contributed by atoms with Crippen molar-refractivity contribution in [3.05, 3.63) is 77.0 Å². The third-order valence-electron chi connectivity index (χ3n) is 5.24. The number of esters is 1. The number of aliphatic imine (C=N–C) groups is 1. The lowest BCUT2D eigenvalue weighted by atomic mass is 9.95. The van der Waals surface area contributed by atoms with Crippen LogP contribution in [0, 0.1) is 0 Å². The fourth-order valence-corrected chi connectivity index (χ4v) is 4.48. The zero-order chi connectivity index (χ0) is 24.1. The summed E-state index contributed by atoms with van der Waals surface area (Å²) < 4.78 is 16.1. The standard InChI is InChI=1S/C25H25N3O5S/c1-4-32-24(30)22-16(2)26-25-28(12-13-34-25)23(22)17-8-10-19(11-9-17)33-15-21(29)27-18-6-5-7-20(14-18)31-3/h5-14,23H,4,15H2,1-3H3,(H,27,29)/t23-/m1/s1. The second-order valence-electron chi connectivity index (χ2n) is 7.46. The molecule has 0 fully saturated rings. The molecule has 34 heavy (non-hydrogen) atoms. The fourth-order valence-electron chi connectivity index (χ4n) is 3.69. The predicted molar refractivity (Wildman–Crippen MR) is 132 cm³/mol. The SMILES string of the molecule is CCOC(=O)C1=C(C)N=C2SC=CN2[C@@H]1c1ccc(OCC(=O)Nc2cccc(OC)c2)cc1. The molecule has 2 aliphatic heterocycles. The zero-order valence-electron chi connectivity index (χ0n) is 19.1. The van der Waals surface area contributed by atoms with Crippen molar-refractivity contribution in [2.75, 3.05) is 25.6 Å². The van der Waals surface area contributed by atoms with Crippen LogP contribution in [-0.2, 0) is 14.3 Å². The highest BCUT2D eigenvalue weighted by atomic mass is 32.2. The van der Waals surface area contributed by atoms with E-state index in [0.717, 1.165) is 10.7 Å². The van der Waals surface area contributed by atoms with E-state index in [9.17, 15) is 9.59 Å². The average Bonchev–Trinajstić information content (AvgIpc) is 3.30.